The molecule has 0 unspecified atom stereocenters. The van der Waals surface area contributed by atoms with Gasteiger partial charge in [-0.3, -0.25) is 0 Å². The van der Waals surface area contributed by atoms with Crippen molar-refractivity contribution in [3.05, 3.63) is 10.7 Å². The van der Waals surface area contributed by atoms with Gasteiger partial charge >= 0.3 is 12.4 Å². The molecular formula is C9H8BrF6N3O. The zero-order valence-electron chi connectivity index (χ0n) is 9.81. The average molecular weight is 368 g/mol. The predicted octanol–water partition coefficient (Wildman–Crippen LogP) is 3.54. The number of hydrogen-bond acceptors (Lipinski definition) is 4. The summed E-state index contributed by atoms with van der Waals surface area (Å²) in [6.45, 7) is 1.99. The molecule has 0 amide bonds. The molecule has 0 saturated carbocycles. The maximum Gasteiger partial charge on any atom is 0.434 e. The van der Waals surface area contributed by atoms with Crippen molar-refractivity contribution >= 4 is 21.9 Å². The lowest BCUT2D eigenvalue weighted by Crippen LogP contribution is -2.46. The summed E-state index contributed by atoms with van der Waals surface area (Å²) in [5.74, 6) is -0.996. The average Bonchev–Trinajstić information content (AvgIpc) is 2.26. The minimum Gasteiger partial charge on any atom is -0.454 e. The van der Waals surface area contributed by atoms with E-state index in [9.17, 15) is 26.3 Å². The molecule has 0 aliphatic rings. The lowest BCUT2D eigenvalue weighted by molar-refractivity contribution is -0.300. The van der Waals surface area contributed by atoms with Crippen LogP contribution in [0, 0.1) is 0 Å². The summed E-state index contributed by atoms with van der Waals surface area (Å²) in [6, 6.07) is 0. The monoisotopic (exact) mass is 367 g/mol. The molecule has 11 heteroatoms. The molecule has 0 spiro atoms. The van der Waals surface area contributed by atoms with E-state index >= 15 is 0 Å². The van der Waals surface area contributed by atoms with Crippen LogP contribution in [0.2, 0.25) is 0 Å². The quantitative estimate of drug-likeness (QED) is 0.826. The van der Waals surface area contributed by atoms with Crippen molar-refractivity contribution in [1.29, 1.82) is 0 Å². The standard InChI is InChI=1S/C9H8BrF6N3O/c1-2-17-7-18-3-4(10)5(19-7)20-6(8(11,12)13)9(14,15)16/h3,6H,2H2,1H3,(H,17,18,19). The number of ether oxygens (including phenoxy) is 1. The molecule has 114 valence electrons. The maximum absolute atomic E-state index is 12.4. The van der Waals surface area contributed by atoms with E-state index in [1.807, 2.05) is 0 Å². The number of anilines is 1. The van der Waals surface area contributed by atoms with Crippen LogP contribution in [-0.2, 0) is 0 Å². The van der Waals surface area contributed by atoms with Crippen molar-refractivity contribution in [1.82, 2.24) is 9.97 Å². The number of alkyl halides is 6. The van der Waals surface area contributed by atoms with Gasteiger partial charge in [0.1, 0.15) is 0 Å². The van der Waals surface area contributed by atoms with Gasteiger partial charge in [0, 0.05) is 6.54 Å². The van der Waals surface area contributed by atoms with E-state index in [4.69, 9.17) is 0 Å². The second kappa shape index (κ2) is 6.02. The highest BCUT2D eigenvalue weighted by Crippen LogP contribution is 2.37. The van der Waals surface area contributed by atoms with E-state index in [-0.39, 0.29) is 10.4 Å². The van der Waals surface area contributed by atoms with Gasteiger partial charge in [-0.15, -0.1) is 0 Å². The lowest BCUT2D eigenvalue weighted by Gasteiger charge is -2.23. The van der Waals surface area contributed by atoms with Crippen LogP contribution in [0.1, 0.15) is 6.92 Å². The van der Waals surface area contributed by atoms with Gasteiger partial charge < -0.3 is 10.1 Å². The van der Waals surface area contributed by atoms with Crippen molar-refractivity contribution in [2.24, 2.45) is 0 Å². The highest BCUT2D eigenvalue weighted by atomic mass is 79.9. The zero-order chi connectivity index (χ0) is 15.6. The summed E-state index contributed by atoms with van der Waals surface area (Å²) in [5, 5.41) is 2.54. The number of rotatable bonds is 4. The van der Waals surface area contributed by atoms with E-state index in [2.05, 4.69) is 36.0 Å². The fraction of sp³-hybridized carbons (Fsp3) is 0.556. The van der Waals surface area contributed by atoms with Crippen molar-refractivity contribution in [3.63, 3.8) is 0 Å². The van der Waals surface area contributed by atoms with Crippen LogP contribution in [0.15, 0.2) is 10.7 Å². The van der Waals surface area contributed by atoms with Crippen molar-refractivity contribution in [2.75, 3.05) is 11.9 Å². The molecule has 0 aliphatic heterocycles. The molecule has 0 aromatic carbocycles. The molecule has 4 nitrogen and oxygen atoms in total. The Balaban J connectivity index is 3.08. The highest BCUT2D eigenvalue weighted by molar-refractivity contribution is 9.10. The lowest BCUT2D eigenvalue weighted by atomic mass is 10.3. The molecule has 0 radical (unpaired) electrons. The highest BCUT2D eigenvalue weighted by Gasteiger charge is 2.59. The Bertz CT molecular complexity index is 450. The van der Waals surface area contributed by atoms with Crippen LogP contribution in [0.3, 0.4) is 0 Å². The Morgan fingerprint density at radius 1 is 1.25 bits per heavy atom. The summed E-state index contributed by atoms with van der Waals surface area (Å²) >= 11 is 2.73. The first-order chi connectivity index (χ1) is 9.05. The molecule has 1 N–H and O–H groups in total. The Labute approximate surface area is 117 Å². The largest absolute Gasteiger partial charge is 0.454 e. The van der Waals surface area contributed by atoms with Gasteiger partial charge in [0.15, 0.2) is 0 Å². The summed E-state index contributed by atoms with van der Waals surface area (Å²) in [7, 11) is 0. The van der Waals surface area contributed by atoms with Crippen molar-refractivity contribution in [2.45, 2.75) is 25.4 Å². The maximum atomic E-state index is 12.4. The molecule has 1 aromatic heterocycles. The van der Waals surface area contributed by atoms with Gasteiger partial charge in [-0.25, -0.2) is 4.98 Å². The molecule has 1 rings (SSSR count). The predicted molar refractivity (Wildman–Crippen MR) is 60.4 cm³/mol. The number of halogens is 7. The summed E-state index contributed by atoms with van der Waals surface area (Å²) < 4.78 is 77.9. The van der Waals surface area contributed by atoms with E-state index < -0.39 is 24.3 Å². The SMILES string of the molecule is CCNc1ncc(Br)c(OC(C(F)(F)F)C(F)(F)F)n1. The molecular weight excluding hydrogens is 360 g/mol. The molecule has 0 aliphatic carbocycles. The number of nitrogens with zero attached hydrogens (tertiary/aromatic N) is 2. The van der Waals surface area contributed by atoms with Crippen LogP contribution in [0.4, 0.5) is 32.3 Å². The molecule has 0 fully saturated rings. The minimum absolute atomic E-state index is 0.145. The Morgan fingerprint density at radius 3 is 2.25 bits per heavy atom. The Morgan fingerprint density at radius 2 is 1.80 bits per heavy atom. The van der Waals surface area contributed by atoms with Crippen LogP contribution in [0.25, 0.3) is 0 Å². The third-order valence-corrected chi connectivity index (χ3v) is 2.41. The van der Waals surface area contributed by atoms with Crippen LogP contribution >= 0.6 is 15.9 Å². The van der Waals surface area contributed by atoms with Crippen LogP contribution in [0.5, 0.6) is 5.88 Å². The minimum atomic E-state index is -5.61. The molecule has 0 saturated heterocycles. The molecule has 20 heavy (non-hydrogen) atoms. The van der Waals surface area contributed by atoms with Crippen molar-refractivity contribution < 1.29 is 31.1 Å². The third kappa shape index (κ3) is 4.39. The molecule has 0 bridgehead atoms. The summed E-state index contributed by atoms with van der Waals surface area (Å²) in [6.07, 6.45) is -14.2. The molecule has 1 aromatic rings. The third-order valence-electron chi connectivity index (χ3n) is 1.87. The second-order valence-electron chi connectivity index (χ2n) is 3.46. The summed E-state index contributed by atoms with van der Waals surface area (Å²) in [4.78, 5) is 7.09. The van der Waals surface area contributed by atoms with E-state index in [1.165, 1.54) is 0 Å². The van der Waals surface area contributed by atoms with Gasteiger partial charge in [-0.1, -0.05) is 0 Å². The molecule has 1 heterocycles. The van der Waals surface area contributed by atoms with Crippen LogP contribution in [-0.4, -0.2) is 35.0 Å². The fourth-order valence-corrected chi connectivity index (χ4v) is 1.39. The number of hydrogen-bond donors (Lipinski definition) is 1. The smallest absolute Gasteiger partial charge is 0.434 e. The normalized spacial score (nSPS) is 12.7. The first-order valence-electron chi connectivity index (χ1n) is 5.12. The second-order valence-corrected chi connectivity index (χ2v) is 4.31. The van der Waals surface area contributed by atoms with E-state index in [1.54, 1.807) is 6.92 Å². The van der Waals surface area contributed by atoms with Gasteiger partial charge in [0.2, 0.25) is 11.8 Å². The molecule has 0 atom stereocenters. The number of nitrogens with one attached hydrogen (secondary N) is 1. The van der Waals surface area contributed by atoms with Gasteiger partial charge in [-0.05, 0) is 22.9 Å². The van der Waals surface area contributed by atoms with E-state index in [0.29, 0.717) is 6.54 Å². The van der Waals surface area contributed by atoms with Gasteiger partial charge in [0.05, 0.1) is 10.7 Å². The topological polar surface area (TPSA) is 47.0 Å². The Kier molecular flexibility index (Phi) is 5.05. The Hall–Kier alpha value is -1.26. The van der Waals surface area contributed by atoms with Gasteiger partial charge in [0.25, 0.3) is 6.10 Å². The number of aromatic nitrogens is 2. The first kappa shape index (κ1) is 16.8. The first-order valence-corrected chi connectivity index (χ1v) is 5.91. The van der Waals surface area contributed by atoms with Crippen molar-refractivity contribution in [3.8, 4) is 5.88 Å². The fourth-order valence-electron chi connectivity index (χ4n) is 1.11. The summed E-state index contributed by atoms with van der Waals surface area (Å²) in [5.41, 5.74) is 0. The van der Waals surface area contributed by atoms with Crippen LogP contribution < -0.4 is 10.1 Å². The van der Waals surface area contributed by atoms with Gasteiger partial charge in [-0.2, -0.15) is 31.3 Å². The van der Waals surface area contributed by atoms with E-state index in [0.717, 1.165) is 6.20 Å². The zero-order valence-corrected chi connectivity index (χ0v) is 11.4.